The number of aromatic amines is 1. The lowest BCUT2D eigenvalue weighted by Crippen LogP contribution is -2.20. The molecule has 0 bridgehead atoms. The fourth-order valence-corrected chi connectivity index (χ4v) is 4.85. The Hall–Kier alpha value is -3.35. The van der Waals surface area contributed by atoms with E-state index in [1.54, 1.807) is 36.5 Å². The second-order valence-electron chi connectivity index (χ2n) is 7.95. The standard InChI is InChI=1S/C25H20Cl2N4O2/c26-18-6-3-7-19(27)22(18)25(33)30-15-10-8-14(9-11-15)29-20-12-13-28-23-21(20)16-4-1-2-5-17(16)24(32)31-23/h3,6-13H,1-2,4-5H2,(H,30,33)(H2,28,29,31,32). The van der Waals surface area contributed by atoms with Gasteiger partial charge in [0.05, 0.1) is 21.3 Å². The van der Waals surface area contributed by atoms with Crippen molar-refractivity contribution in [2.45, 2.75) is 25.7 Å². The molecular weight excluding hydrogens is 459 g/mol. The van der Waals surface area contributed by atoms with Gasteiger partial charge in [-0.25, -0.2) is 4.98 Å². The zero-order valence-corrected chi connectivity index (χ0v) is 19.1. The van der Waals surface area contributed by atoms with Crippen molar-refractivity contribution >= 4 is 57.2 Å². The van der Waals surface area contributed by atoms with Gasteiger partial charge in [0.1, 0.15) is 5.65 Å². The third kappa shape index (κ3) is 4.19. The fourth-order valence-electron chi connectivity index (χ4n) is 4.28. The first-order valence-corrected chi connectivity index (χ1v) is 11.4. The molecule has 1 amide bonds. The number of fused-ring (bicyclic) bond motifs is 3. The predicted molar refractivity (Wildman–Crippen MR) is 133 cm³/mol. The number of carbonyl (C=O) groups excluding carboxylic acids is 1. The van der Waals surface area contributed by atoms with Crippen LogP contribution in [0.4, 0.5) is 17.1 Å². The minimum absolute atomic E-state index is 0.0411. The van der Waals surface area contributed by atoms with Crippen molar-refractivity contribution in [1.29, 1.82) is 0 Å². The molecule has 8 heteroatoms. The Bertz CT molecular complexity index is 1410. The third-order valence-corrected chi connectivity index (χ3v) is 6.47. The van der Waals surface area contributed by atoms with E-state index in [2.05, 4.69) is 20.6 Å². The van der Waals surface area contributed by atoms with Crippen LogP contribution in [0, 0.1) is 0 Å². The molecule has 33 heavy (non-hydrogen) atoms. The quantitative estimate of drug-likeness (QED) is 0.330. The molecule has 2 heterocycles. The summed E-state index contributed by atoms with van der Waals surface area (Å²) >= 11 is 12.3. The first kappa shape index (κ1) is 21.5. The third-order valence-electron chi connectivity index (χ3n) is 5.84. The van der Waals surface area contributed by atoms with Crippen LogP contribution in [-0.4, -0.2) is 15.9 Å². The lowest BCUT2D eigenvalue weighted by atomic mass is 9.90. The van der Waals surface area contributed by atoms with Crippen molar-refractivity contribution in [3.63, 3.8) is 0 Å². The molecule has 0 atom stereocenters. The average molecular weight is 479 g/mol. The van der Waals surface area contributed by atoms with Crippen LogP contribution in [0.25, 0.3) is 11.0 Å². The number of aryl methyl sites for hydroxylation is 1. The van der Waals surface area contributed by atoms with Gasteiger partial charge in [0, 0.05) is 28.5 Å². The molecule has 1 aliphatic rings. The van der Waals surface area contributed by atoms with Crippen molar-refractivity contribution in [3.05, 3.63) is 91.8 Å². The Labute approximate surface area is 200 Å². The number of halogens is 2. The normalized spacial score (nSPS) is 12.9. The van der Waals surface area contributed by atoms with Gasteiger partial charge in [-0.1, -0.05) is 29.3 Å². The largest absolute Gasteiger partial charge is 0.355 e. The number of anilines is 3. The lowest BCUT2D eigenvalue weighted by Gasteiger charge is -2.19. The zero-order chi connectivity index (χ0) is 22.9. The van der Waals surface area contributed by atoms with E-state index in [-0.39, 0.29) is 17.0 Å². The topological polar surface area (TPSA) is 86.9 Å². The summed E-state index contributed by atoms with van der Waals surface area (Å²) in [6.07, 6.45) is 5.42. The van der Waals surface area contributed by atoms with Crippen LogP contribution >= 0.6 is 23.2 Å². The Morgan fingerprint density at radius 3 is 2.30 bits per heavy atom. The van der Waals surface area contributed by atoms with Gasteiger partial charge in [-0.15, -0.1) is 0 Å². The van der Waals surface area contributed by atoms with E-state index in [1.807, 2.05) is 18.2 Å². The summed E-state index contributed by atoms with van der Waals surface area (Å²) in [5, 5.41) is 7.80. The number of nitrogens with one attached hydrogen (secondary N) is 3. The molecule has 0 saturated carbocycles. The van der Waals surface area contributed by atoms with Gasteiger partial charge >= 0.3 is 0 Å². The van der Waals surface area contributed by atoms with Gasteiger partial charge in [-0.3, -0.25) is 9.59 Å². The maximum absolute atomic E-state index is 12.6. The van der Waals surface area contributed by atoms with E-state index in [0.717, 1.165) is 53.6 Å². The molecule has 1 aliphatic carbocycles. The summed E-state index contributed by atoms with van der Waals surface area (Å²) in [7, 11) is 0. The Kier molecular flexibility index (Phi) is 5.79. The number of carbonyl (C=O) groups is 1. The van der Waals surface area contributed by atoms with Crippen LogP contribution < -0.4 is 16.2 Å². The van der Waals surface area contributed by atoms with E-state index >= 15 is 0 Å². The van der Waals surface area contributed by atoms with Gasteiger partial charge < -0.3 is 15.6 Å². The molecule has 0 radical (unpaired) electrons. The van der Waals surface area contributed by atoms with Crippen molar-refractivity contribution in [2.75, 3.05) is 10.6 Å². The minimum atomic E-state index is -0.373. The molecule has 0 unspecified atom stereocenters. The van der Waals surface area contributed by atoms with Crippen LogP contribution in [0.5, 0.6) is 0 Å². The van der Waals surface area contributed by atoms with Crippen molar-refractivity contribution in [3.8, 4) is 0 Å². The van der Waals surface area contributed by atoms with E-state index in [0.29, 0.717) is 21.4 Å². The molecule has 5 rings (SSSR count). The molecule has 4 aromatic rings. The number of amides is 1. The van der Waals surface area contributed by atoms with Crippen LogP contribution in [0.2, 0.25) is 10.0 Å². The van der Waals surface area contributed by atoms with Crippen LogP contribution in [0.3, 0.4) is 0 Å². The van der Waals surface area contributed by atoms with Crippen LogP contribution in [-0.2, 0) is 12.8 Å². The van der Waals surface area contributed by atoms with Gasteiger partial charge in [0.25, 0.3) is 11.5 Å². The van der Waals surface area contributed by atoms with Gasteiger partial charge in [-0.2, -0.15) is 0 Å². The smallest absolute Gasteiger partial charge is 0.258 e. The lowest BCUT2D eigenvalue weighted by molar-refractivity contribution is 0.102. The average Bonchev–Trinajstić information content (AvgIpc) is 2.80. The van der Waals surface area contributed by atoms with E-state index in [1.165, 1.54) is 0 Å². The number of rotatable bonds is 4. The number of nitrogens with zero attached hydrogens (tertiary/aromatic N) is 1. The molecule has 0 aliphatic heterocycles. The number of hydrogen-bond acceptors (Lipinski definition) is 4. The van der Waals surface area contributed by atoms with Gasteiger partial charge in [-0.05, 0) is 73.7 Å². The molecule has 0 saturated heterocycles. The summed E-state index contributed by atoms with van der Waals surface area (Å²) in [4.78, 5) is 32.4. The maximum atomic E-state index is 12.6. The van der Waals surface area contributed by atoms with Gasteiger partial charge in [0.15, 0.2) is 0 Å². The highest BCUT2D eigenvalue weighted by molar-refractivity contribution is 6.40. The zero-order valence-electron chi connectivity index (χ0n) is 17.5. The summed E-state index contributed by atoms with van der Waals surface area (Å²) in [6.45, 7) is 0. The number of hydrogen-bond donors (Lipinski definition) is 3. The van der Waals surface area contributed by atoms with Crippen LogP contribution in [0.1, 0.15) is 34.3 Å². The fraction of sp³-hybridized carbons (Fsp3) is 0.160. The Morgan fingerprint density at radius 1 is 0.909 bits per heavy atom. The van der Waals surface area contributed by atoms with Gasteiger partial charge in [0.2, 0.25) is 0 Å². The summed E-state index contributed by atoms with van der Waals surface area (Å²) in [6, 6.07) is 14.2. The molecule has 0 spiro atoms. The van der Waals surface area contributed by atoms with E-state index in [9.17, 15) is 9.59 Å². The monoisotopic (exact) mass is 478 g/mol. The molecule has 166 valence electrons. The second kappa shape index (κ2) is 8.89. The summed E-state index contributed by atoms with van der Waals surface area (Å²) < 4.78 is 0. The van der Waals surface area contributed by atoms with Crippen LogP contribution in [0.15, 0.2) is 59.5 Å². The molecule has 6 nitrogen and oxygen atoms in total. The van der Waals surface area contributed by atoms with Crippen molar-refractivity contribution < 1.29 is 4.79 Å². The van der Waals surface area contributed by atoms with E-state index in [4.69, 9.17) is 23.2 Å². The van der Waals surface area contributed by atoms with E-state index < -0.39 is 0 Å². The first-order chi connectivity index (χ1) is 16.0. The summed E-state index contributed by atoms with van der Waals surface area (Å²) in [5.74, 6) is -0.373. The predicted octanol–water partition coefficient (Wildman–Crippen LogP) is 6.10. The molecule has 3 N–H and O–H groups in total. The first-order valence-electron chi connectivity index (χ1n) is 10.7. The second-order valence-corrected chi connectivity index (χ2v) is 8.77. The SMILES string of the molecule is O=C(Nc1ccc(Nc2ccnc3[nH]c(=O)c4c(c23)CCCC4)cc1)c1c(Cl)cccc1Cl. The van der Waals surface area contributed by atoms with Crippen molar-refractivity contribution in [2.24, 2.45) is 0 Å². The molecule has 2 aromatic heterocycles. The highest BCUT2D eigenvalue weighted by Crippen LogP contribution is 2.32. The number of aromatic nitrogens is 2. The Morgan fingerprint density at radius 2 is 1.58 bits per heavy atom. The number of benzene rings is 2. The molecular formula is C25H20Cl2N4O2. The maximum Gasteiger partial charge on any atom is 0.258 e. The number of H-pyrrole nitrogens is 1. The highest BCUT2D eigenvalue weighted by Gasteiger charge is 2.19. The highest BCUT2D eigenvalue weighted by atomic mass is 35.5. The molecule has 0 fully saturated rings. The number of pyridine rings is 2. The minimum Gasteiger partial charge on any atom is -0.355 e. The Balaban J connectivity index is 1.41. The van der Waals surface area contributed by atoms with Crippen molar-refractivity contribution in [1.82, 2.24) is 9.97 Å². The summed E-state index contributed by atoms with van der Waals surface area (Å²) in [5.41, 5.74) is 5.07. The molecule has 2 aromatic carbocycles.